The fourth-order valence-electron chi connectivity index (χ4n) is 1.19. The minimum atomic E-state index is -0.761. The zero-order chi connectivity index (χ0) is 11.7. The molecule has 84 valence electrons. The Morgan fingerprint density at radius 1 is 1.31 bits per heavy atom. The molecule has 1 heterocycles. The van der Waals surface area contributed by atoms with Gasteiger partial charge in [-0.25, -0.2) is 8.78 Å². The summed E-state index contributed by atoms with van der Waals surface area (Å²) in [6.07, 6.45) is 0. The Hall–Kier alpha value is -1.41. The Kier molecular flexibility index (Phi) is 2.92. The van der Waals surface area contributed by atoms with Crippen molar-refractivity contribution in [3.8, 4) is 5.69 Å². The summed E-state index contributed by atoms with van der Waals surface area (Å²) in [4.78, 5) is 0. The van der Waals surface area contributed by atoms with Gasteiger partial charge in [0.2, 0.25) is 0 Å². The summed E-state index contributed by atoms with van der Waals surface area (Å²) in [7, 11) is 0. The van der Waals surface area contributed by atoms with Crippen molar-refractivity contribution in [3.63, 3.8) is 0 Å². The van der Waals surface area contributed by atoms with Crippen LogP contribution < -0.4 is 5.73 Å². The average Bonchev–Trinajstić information content (AvgIpc) is 2.71. The standard InChI is InChI=1S/C8H6BrF2N5/c9-4-1-7(6(11)2-5(4)10)16-8(3-12)13-14-15-16/h1-2H,3,12H2. The third kappa shape index (κ3) is 1.81. The van der Waals surface area contributed by atoms with Crippen molar-refractivity contribution >= 4 is 15.9 Å². The Morgan fingerprint density at radius 2 is 2.06 bits per heavy atom. The molecular formula is C8H6BrF2N5. The van der Waals surface area contributed by atoms with E-state index in [1.807, 2.05) is 0 Å². The Balaban J connectivity index is 2.60. The van der Waals surface area contributed by atoms with Crippen LogP contribution in [0.1, 0.15) is 5.82 Å². The van der Waals surface area contributed by atoms with E-state index >= 15 is 0 Å². The van der Waals surface area contributed by atoms with Gasteiger partial charge in [-0.3, -0.25) is 0 Å². The first kappa shape index (κ1) is 11.1. The fraction of sp³-hybridized carbons (Fsp3) is 0.125. The minimum absolute atomic E-state index is 0.0405. The summed E-state index contributed by atoms with van der Waals surface area (Å²) in [5.41, 5.74) is 5.42. The van der Waals surface area contributed by atoms with Crippen LogP contribution in [0.2, 0.25) is 0 Å². The monoisotopic (exact) mass is 289 g/mol. The van der Waals surface area contributed by atoms with Crippen molar-refractivity contribution in [2.45, 2.75) is 6.54 Å². The molecule has 8 heteroatoms. The first-order chi connectivity index (χ1) is 7.63. The number of tetrazole rings is 1. The lowest BCUT2D eigenvalue weighted by Gasteiger charge is -2.05. The summed E-state index contributed by atoms with van der Waals surface area (Å²) in [5, 5.41) is 10.6. The van der Waals surface area contributed by atoms with E-state index in [4.69, 9.17) is 5.73 Å². The second-order valence-electron chi connectivity index (χ2n) is 2.93. The highest BCUT2D eigenvalue weighted by Gasteiger charge is 2.14. The number of aromatic nitrogens is 4. The summed E-state index contributed by atoms with van der Waals surface area (Å²) in [6.45, 7) is 0.0570. The molecule has 0 saturated carbocycles. The number of rotatable bonds is 2. The van der Waals surface area contributed by atoms with Crippen LogP contribution in [-0.4, -0.2) is 20.2 Å². The maximum Gasteiger partial charge on any atom is 0.170 e. The molecule has 0 bridgehead atoms. The van der Waals surface area contributed by atoms with Crippen LogP contribution in [0.4, 0.5) is 8.78 Å². The number of nitrogens with zero attached hydrogens (tertiary/aromatic N) is 4. The largest absolute Gasteiger partial charge is 0.324 e. The quantitative estimate of drug-likeness (QED) is 0.843. The third-order valence-corrected chi connectivity index (χ3v) is 2.54. The third-order valence-electron chi connectivity index (χ3n) is 1.93. The molecule has 0 spiro atoms. The van der Waals surface area contributed by atoms with Gasteiger partial charge in [0.25, 0.3) is 0 Å². The average molecular weight is 290 g/mol. The molecule has 2 aromatic rings. The lowest BCUT2D eigenvalue weighted by atomic mass is 10.3. The highest BCUT2D eigenvalue weighted by molar-refractivity contribution is 9.10. The van der Waals surface area contributed by atoms with Gasteiger partial charge in [-0.2, -0.15) is 4.68 Å². The lowest BCUT2D eigenvalue weighted by molar-refractivity contribution is 0.565. The minimum Gasteiger partial charge on any atom is -0.324 e. The van der Waals surface area contributed by atoms with Gasteiger partial charge in [0.1, 0.15) is 11.5 Å². The lowest BCUT2D eigenvalue weighted by Crippen LogP contribution is -2.09. The second-order valence-corrected chi connectivity index (χ2v) is 3.78. The van der Waals surface area contributed by atoms with E-state index in [1.165, 1.54) is 6.07 Å². The van der Waals surface area contributed by atoms with E-state index in [0.717, 1.165) is 10.7 Å². The van der Waals surface area contributed by atoms with Crippen molar-refractivity contribution in [1.82, 2.24) is 20.2 Å². The van der Waals surface area contributed by atoms with Crippen molar-refractivity contribution in [3.05, 3.63) is 34.1 Å². The zero-order valence-electron chi connectivity index (χ0n) is 7.86. The predicted molar refractivity (Wildman–Crippen MR) is 54.7 cm³/mol. The van der Waals surface area contributed by atoms with Crippen LogP contribution in [0, 0.1) is 11.6 Å². The van der Waals surface area contributed by atoms with Crippen molar-refractivity contribution in [2.24, 2.45) is 5.73 Å². The van der Waals surface area contributed by atoms with E-state index in [-0.39, 0.29) is 22.5 Å². The van der Waals surface area contributed by atoms with Gasteiger partial charge in [0.05, 0.1) is 11.0 Å². The maximum atomic E-state index is 13.5. The summed E-state index contributed by atoms with van der Waals surface area (Å²) >= 11 is 2.96. The Labute approximate surface area is 97.4 Å². The molecular weight excluding hydrogens is 284 g/mol. The molecule has 0 aliphatic heterocycles. The number of hydrogen-bond donors (Lipinski definition) is 1. The molecule has 5 nitrogen and oxygen atoms in total. The molecule has 0 aliphatic carbocycles. The fourth-order valence-corrected chi connectivity index (χ4v) is 1.53. The zero-order valence-corrected chi connectivity index (χ0v) is 9.45. The molecule has 0 aliphatic rings. The number of halogens is 3. The van der Waals surface area contributed by atoms with Crippen LogP contribution in [0.5, 0.6) is 0 Å². The number of nitrogens with two attached hydrogens (primary N) is 1. The molecule has 0 saturated heterocycles. The highest BCUT2D eigenvalue weighted by atomic mass is 79.9. The van der Waals surface area contributed by atoms with E-state index in [1.54, 1.807) is 0 Å². The Morgan fingerprint density at radius 3 is 2.75 bits per heavy atom. The van der Waals surface area contributed by atoms with Gasteiger partial charge in [-0.15, -0.1) is 5.10 Å². The van der Waals surface area contributed by atoms with E-state index in [0.29, 0.717) is 0 Å². The van der Waals surface area contributed by atoms with Gasteiger partial charge in [0.15, 0.2) is 11.6 Å². The Bertz CT molecular complexity index is 527. The number of hydrogen-bond acceptors (Lipinski definition) is 4. The van der Waals surface area contributed by atoms with E-state index in [2.05, 4.69) is 31.5 Å². The predicted octanol–water partition coefficient (Wildman–Crippen LogP) is 1.16. The van der Waals surface area contributed by atoms with Crippen LogP contribution >= 0.6 is 15.9 Å². The van der Waals surface area contributed by atoms with Crippen LogP contribution in [0.3, 0.4) is 0 Å². The van der Waals surface area contributed by atoms with Gasteiger partial charge < -0.3 is 5.73 Å². The van der Waals surface area contributed by atoms with E-state index < -0.39 is 11.6 Å². The number of benzene rings is 1. The summed E-state index contributed by atoms with van der Waals surface area (Å²) < 4.78 is 27.8. The molecule has 0 amide bonds. The molecule has 0 fully saturated rings. The van der Waals surface area contributed by atoms with Gasteiger partial charge in [-0.1, -0.05) is 0 Å². The smallest absolute Gasteiger partial charge is 0.170 e. The van der Waals surface area contributed by atoms with Crippen LogP contribution in [0.15, 0.2) is 16.6 Å². The molecule has 0 atom stereocenters. The van der Waals surface area contributed by atoms with Gasteiger partial charge in [-0.05, 0) is 32.4 Å². The first-order valence-corrected chi connectivity index (χ1v) is 5.05. The second kappa shape index (κ2) is 4.22. The molecule has 0 unspecified atom stereocenters. The normalized spacial score (nSPS) is 10.8. The highest BCUT2D eigenvalue weighted by Crippen LogP contribution is 2.22. The van der Waals surface area contributed by atoms with Gasteiger partial charge in [0, 0.05) is 6.07 Å². The summed E-state index contributed by atoms with van der Waals surface area (Å²) in [5.74, 6) is -1.16. The molecule has 2 rings (SSSR count). The van der Waals surface area contributed by atoms with Crippen molar-refractivity contribution in [1.29, 1.82) is 0 Å². The first-order valence-electron chi connectivity index (χ1n) is 4.25. The van der Waals surface area contributed by atoms with Crippen molar-refractivity contribution in [2.75, 3.05) is 0 Å². The topological polar surface area (TPSA) is 69.6 Å². The van der Waals surface area contributed by atoms with Crippen molar-refractivity contribution < 1.29 is 8.78 Å². The van der Waals surface area contributed by atoms with Crippen LogP contribution in [0.25, 0.3) is 5.69 Å². The maximum absolute atomic E-state index is 13.5. The molecule has 2 N–H and O–H groups in total. The van der Waals surface area contributed by atoms with Gasteiger partial charge >= 0.3 is 0 Å². The summed E-state index contributed by atoms with van der Waals surface area (Å²) in [6, 6.07) is 2.00. The SMILES string of the molecule is NCc1nnnn1-c1cc(Br)c(F)cc1F. The molecule has 1 aromatic heterocycles. The van der Waals surface area contributed by atoms with E-state index in [9.17, 15) is 8.78 Å². The molecule has 16 heavy (non-hydrogen) atoms. The molecule has 0 radical (unpaired) electrons. The van der Waals surface area contributed by atoms with Crippen LogP contribution in [-0.2, 0) is 6.54 Å². The molecule has 1 aromatic carbocycles.